The van der Waals surface area contributed by atoms with E-state index in [1.807, 2.05) is 12.1 Å². The van der Waals surface area contributed by atoms with Crippen molar-refractivity contribution in [3.63, 3.8) is 0 Å². The molecule has 0 aromatic carbocycles. The van der Waals surface area contributed by atoms with E-state index in [4.69, 9.17) is 17.4 Å². The van der Waals surface area contributed by atoms with Gasteiger partial charge in [-0.05, 0) is 50.1 Å². The van der Waals surface area contributed by atoms with Crippen LogP contribution in [0.25, 0.3) is 0 Å². The van der Waals surface area contributed by atoms with Gasteiger partial charge in [0.05, 0.1) is 14.2 Å². The van der Waals surface area contributed by atoms with Crippen LogP contribution in [-0.4, -0.2) is 0 Å². The van der Waals surface area contributed by atoms with Crippen LogP contribution in [0, 0.1) is 0 Å². The minimum atomic E-state index is 0.109. The Morgan fingerprint density at radius 3 is 2.59 bits per heavy atom. The number of hydrogen-bond donors (Lipinski definition) is 2. The molecule has 0 aliphatic rings. The number of hydrogen-bond acceptors (Lipinski definition) is 4. The van der Waals surface area contributed by atoms with E-state index in [2.05, 4.69) is 43.4 Å². The summed E-state index contributed by atoms with van der Waals surface area (Å²) in [6.45, 7) is 0. The van der Waals surface area contributed by atoms with Gasteiger partial charge >= 0.3 is 0 Å². The molecule has 0 amide bonds. The molecule has 1 unspecified atom stereocenters. The Morgan fingerprint density at radius 2 is 2.12 bits per heavy atom. The van der Waals surface area contributed by atoms with Crippen LogP contribution < -0.4 is 11.3 Å². The number of thiophene rings is 2. The topological polar surface area (TPSA) is 38.0 Å². The Morgan fingerprint density at radius 1 is 1.35 bits per heavy atom. The Hall–Kier alpha value is 0.570. The molecule has 2 heterocycles. The lowest BCUT2D eigenvalue weighted by atomic mass is 10.1. The first-order valence-corrected chi connectivity index (χ1v) is 8.35. The van der Waals surface area contributed by atoms with Gasteiger partial charge in [0, 0.05) is 20.6 Å². The minimum absolute atomic E-state index is 0.109. The zero-order valence-corrected chi connectivity index (χ0v) is 14.1. The number of nitrogens with one attached hydrogen (secondary N) is 1. The molecular weight excluding hydrogens is 408 g/mol. The lowest BCUT2D eigenvalue weighted by molar-refractivity contribution is 0.564. The van der Waals surface area contributed by atoms with Gasteiger partial charge in [0.2, 0.25) is 0 Å². The summed E-state index contributed by atoms with van der Waals surface area (Å²) in [7, 11) is 0. The average molecular weight is 417 g/mol. The number of rotatable bonds is 4. The maximum atomic E-state index is 5.92. The van der Waals surface area contributed by atoms with Gasteiger partial charge in [-0.1, -0.05) is 11.6 Å². The van der Waals surface area contributed by atoms with Crippen LogP contribution in [-0.2, 0) is 6.42 Å². The highest BCUT2D eigenvalue weighted by atomic mass is 79.9. The molecule has 7 heteroatoms. The molecule has 0 aliphatic carbocycles. The quantitative estimate of drug-likeness (QED) is 0.558. The Kier molecular flexibility index (Phi) is 5.06. The van der Waals surface area contributed by atoms with Crippen LogP contribution in [0.15, 0.2) is 26.5 Å². The van der Waals surface area contributed by atoms with E-state index in [-0.39, 0.29) is 6.04 Å². The molecule has 0 saturated carbocycles. The van der Waals surface area contributed by atoms with Crippen molar-refractivity contribution >= 4 is 66.1 Å². The first-order chi connectivity index (χ1) is 8.10. The SMILES string of the molecule is NNC(Cc1ccc(Cl)s1)c1cc(Br)c(Br)s1. The van der Waals surface area contributed by atoms with Gasteiger partial charge in [-0.2, -0.15) is 0 Å². The van der Waals surface area contributed by atoms with Gasteiger partial charge in [-0.25, -0.2) is 0 Å². The summed E-state index contributed by atoms with van der Waals surface area (Å²) in [5.74, 6) is 5.62. The normalized spacial score (nSPS) is 12.9. The summed E-state index contributed by atoms with van der Waals surface area (Å²) in [4.78, 5) is 2.41. The molecule has 0 spiro atoms. The molecule has 3 N–H and O–H groups in total. The molecule has 2 aromatic rings. The summed E-state index contributed by atoms with van der Waals surface area (Å²) in [5.41, 5.74) is 2.85. The van der Waals surface area contributed by atoms with Gasteiger partial charge < -0.3 is 0 Å². The van der Waals surface area contributed by atoms with Crippen molar-refractivity contribution in [1.29, 1.82) is 0 Å². The number of nitrogens with two attached hydrogens (primary N) is 1. The zero-order chi connectivity index (χ0) is 12.4. The van der Waals surface area contributed by atoms with Crippen molar-refractivity contribution in [3.05, 3.63) is 40.5 Å². The summed E-state index contributed by atoms with van der Waals surface area (Å²) < 4.78 is 2.95. The smallest absolute Gasteiger partial charge is 0.0931 e. The second-order valence-corrected chi connectivity index (χ2v) is 8.46. The first-order valence-electron chi connectivity index (χ1n) is 4.75. The van der Waals surface area contributed by atoms with Gasteiger partial charge in [0.1, 0.15) is 0 Å². The van der Waals surface area contributed by atoms with Gasteiger partial charge in [-0.15, -0.1) is 22.7 Å². The van der Waals surface area contributed by atoms with Crippen LogP contribution in [0.4, 0.5) is 0 Å². The molecule has 0 fully saturated rings. The third-order valence-electron chi connectivity index (χ3n) is 2.24. The second kappa shape index (κ2) is 6.14. The lowest BCUT2D eigenvalue weighted by Crippen LogP contribution is -2.28. The van der Waals surface area contributed by atoms with Crippen LogP contribution in [0.1, 0.15) is 15.8 Å². The van der Waals surface area contributed by atoms with Gasteiger partial charge in [0.15, 0.2) is 0 Å². The summed E-state index contributed by atoms with van der Waals surface area (Å²) >= 11 is 16.1. The van der Waals surface area contributed by atoms with Crippen molar-refractivity contribution in [2.24, 2.45) is 5.84 Å². The molecule has 0 bridgehead atoms. The zero-order valence-electron chi connectivity index (χ0n) is 8.54. The molecule has 0 saturated heterocycles. The minimum Gasteiger partial charge on any atom is -0.271 e. The summed E-state index contributed by atoms with van der Waals surface area (Å²) in [6.07, 6.45) is 0.841. The Balaban J connectivity index is 2.16. The highest BCUT2D eigenvalue weighted by Crippen LogP contribution is 2.37. The molecular formula is C10H9Br2ClN2S2. The maximum absolute atomic E-state index is 5.92. The largest absolute Gasteiger partial charge is 0.271 e. The van der Waals surface area contributed by atoms with Gasteiger partial charge in [-0.3, -0.25) is 11.3 Å². The highest BCUT2D eigenvalue weighted by Gasteiger charge is 2.16. The van der Waals surface area contributed by atoms with Crippen molar-refractivity contribution in [2.75, 3.05) is 0 Å². The molecule has 92 valence electrons. The van der Waals surface area contributed by atoms with E-state index in [1.54, 1.807) is 22.7 Å². The predicted octanol–water partition coefficient (Wildman–Crippen LogP) is 4.74. The molecule has 2 nitrogen and oxygen atoms in total. The van der Waals surface area contributed by atoms with Crippen molar-refractivity contribution in [2.45, 2.75) is 12.5 Å². The molecule has 2 rings (SSSR count). The fraction of sp³-hybridized carbons (Fsp3) is 0.200. The summed E-state index contributed by atoms with van der Waals surface area (Å²) in [6, 6.07) is 6.14. The number of hydrazine groups is 1. The van der Waals surface area contributed by atoms with E-state index in [9.17, 15) is 0 Å². The van der Waals surface area contributed by atoms with E-state index < -0.39 is 0 Å². The molecule has 0 aliphatic heterocycles. The Labute approximate surface area is 129 Å². The molecule has 2 aromatic heterocycles. The van der Waals surface area contributed by atoms with Crippen molar-refractivity contribution in [3.8, 4) is 0 Å². The maximum Gasteiger partial charge on any atom is 0.0931 e. The van der Waals surface area contributed by atoms with Crippen LogP contribution in [0.3, 0.4) is 0 Å². The lowest BCUT2D eigenvalue weighted by Gasteiger charge is -2.12. The fourth-order valence-electron chi connectivity index (χ4n) is 1.44. The van der Waals surface area contributed by atoms with Crippen LogP contribution in [0.2, 0.25) is 4.34 Å². The third-order valence-corrected chi connectivity index (χ3v) is 6.87. The highest BCUT2D eigenvalue weighted by molar-refractivity contribution is 9.13. The Bertz CT molecular complexity index is 493. The van der Waals surface area contributed by atoms with Gasteiger partial charge in [0.25, 0.3) is 0 Å². The second-order valence-electron chi connectivity index (χ2n) is 3.40. The third kappa shape index (κ3) is 3.53. The predicted molar refractivity (Wildman–Crippen MR) is 82.8 cm³/mol. The van der Waals surface area contributed by atoms with E-state index in [0.29, 0.717) is 0 Å². The van der Waals surface area contributed by atoms with Crippen LogP contribution >= 0.6 is 66.1 Å². The summed E-state index contributed by atoms with van der Waals surface area (Å²) in [5, 5.41) is 0. The average Bonchev–Trinajstić information content (AvgIpc) is 2.83. The van der Waals surface area contributed by atoms with E-state index >= 15 is 0 Å². The van der Waals surface area contributed by atoms with Crippen molar-refractivity contribution < 1.29 is 0 Å². The monoisotopic (exact) mass is 414 g/mol. The number of halogens is 3. The van der Waals surface area contributed by atoms with E-state index in [0.717, 1.165) is 19.0 Å². The standard InChI is InChI=1S/C10H9Br2ClN2S2/c11-6-4-8(17-10(6)12)7(15-14)3-5-1-2-9(13)16-5/h1-2,4,7,15H,3,14H2. The fourth-order valence-corrected chi connectivity index (χ4v) is 4.72. The van der Waals surface area contributed by atoms with E-state index in [1.165, 1.54) is 9.75 Å². The molecule has 17 heavy (non-hydrogen) atoms. The molecule has 1 atom stereocenters. The van der Waals surface area contributed by atoms with Crippen LogP contribution in [0.5, 0.6) is 0 Å². The molecule has 0 radical (unpaired) electrons. The van der Waals surface area contributed by atoms with Crippen molar-refractivity contribution in [1.82, 2.24) is 5.43 Å². The first kappa shape index (κ1) is 14.0.